The highest BCUT2D eigenvalue weighted by Gasteiger charge is 2.13. The van der Waals surface area contributed by atoms with Crippen LogP contribution >= 0.6 is 0 Å². The van der Waals surface area contributed by atoms with Gasteiger partial charge in [0.2, 0.25) is 11.8 Å². The maximum Gasteiger partial charge on any atom is 0.310 e. The molecule has 0 radical (unpaired) electrons. The molecule has 5 N–H and O–H groups in total. The number of pyridine rings is 1. The van der Waals surface area contributed by atoms with E-state index in [1.807, 2.05) is 6.92 Å². The van der Waals surface area contributed by atoms with Crippen LogP contribution in [-0.2, 0) is 20.8 Å². The molecule has 164 valence electrons. The minimum absolute atomic E-state index is 0.0164. The number of nitrogens with one attached hydrogen (secondary N) is 3. The van der Waals surface area contributed by atoms with Crippen molar-refractivity contribution in [2.45, 2.75) is 46.5 Å². The van der Waals surface area contributed by atoms with Gasteiger partial charge in [0.05, 0.1) is 17.6 Å². The number of rotatable bonds is 9. The highest BCUT2D eigenvalue weighted by Crippen LogP contribution is 2.22. The van der Waals surface area contributed by atoms with Crippen molar-refractivity contribution in [2.24, 2.45) is 5.73 Å². The number of hydrogen-bond acceptors (Lipinski definition) is 6. The number of esters is 1. The van der Waals surface area contributed by atoms with Crippen LogP contribution < -0.4 is 21.1 Å². The predicted molar refractivity (Wildman–Crippen MR) is 118 cm³/mol. The zero-order valence-electron chi connectivity index (χ0n) is 17.9. The van der Waals surface area contributed by atoms with Gasteiger partial charge in [-0.25, -0.2) is 0 Å². The first kappa shape index (κ1) is 23.5. The average Bonchev–Trinajstić information content (AvgIpc) is 2.72. The van der Waals surface area contributed by atoms with Gasteiger partial charge in [0.25, 0.3) is 0 Å². The number of anilines is 2. The number of ether oxygens (including phenoxy) is 1. The summed E-state index contributed by atoms with van der Waals surface area (Å²) in [4.78, 5) is 40.2. The molecule has 0 atom stereocenters. The highest BCUT2D eigenvalue weighted by atomic mass is 16.5. The van der Waals surface area contributed by atoms with Gasteiger partial charge in [-0.15, -0.1) is 0 Å². The predicted octanol–water partition coefficient (Wildman–Crippen LogP) is 2.91. The van der Waals surface area contributed by atoms with Gasteiger partial charge in [0, 0.05) is 36.6 Å². The van der Waals surface area contributed by atoms with Crippen LogP contribution in [0.3, 0.4) is 0 Å². The monoisotopic (exact) mass is 425 g/mol. The summed E-state index contributed by atoms with van der Waals surface area (Å²) in [5.41, 5.74) is 8.43. The van der Waals surface area contributed by atoms with E-state index in [1.165, 1.54) is 6.20 Å². The molecule has 0 unspecified atom stereocenters. The number of amides is 2. The van der Waals surface area contributed by atoms with Gasteiger partial charge in [-0.05, 0) is 37.1 Å². The van der Waals surface area contributed by atoms with Gasteiger partial charge < -0.3 is 21.1 Å². The maximum atomic E-state index is 12.2. The summed E-state index contributed by atoms with van der Waals surface area (Å²) in [6, 6.07) is 6.59. The SMILES string of the molecule is CCC(=O)Oc1cc(NC(=O)CCC(=O)Nc2ccc(C(=N)N)c(C)c2)cnc1CC. The highest BCUT2D eigenvalue weighted by molar-refractivity contribution is 5.99. The third-order valence-electron chi connectivity index (χ3n) is 4.44. The number of benzene rings is 1. The number of carbonyl (C=O) groups is 3. The maximum absolute atomic E-state index is 12.2. The first-order valence-electron chi connectivity index (χ1n) is 9.97. The summed E-state index contributed by atoms with van der Waals surface area (Å²) >= 11 is 0. The van der Waals surface area contributed by atoms with Crippen LogP contribution in [0.25, 0.3) is 0 Å². The van der Waals surface area contributed by atoms with Gasteiger partial charge in [-0.2, -0.15) is 0 Å². The Morgan fingerprint density at radius 1 is 1.06 bits per heavy atom. The first-order valence-corrected chi connectivity index (χ1v) is 9.97. The lowest BCUT2D eigenvalue weighted by Gasteiger charge is -2.11. The molecule has 0 fully saturated rings. The smallest absolute Gasteiger partial charge is 0.310 e. The van der Waals surface area contributed by atoms with E-state index in [9.17, 15) is 14.4 Å². The summed E-state index contributed by atoms with van der Waals surface area (Å²) in [5.74, 6) is -0.794. The Bertz CT molecular complexity index is 1000. The number of aryl methyl sites for hydroxylation is 2. The fourth-order valence-electron chi connectivity index (χ4n) is 2.81. The standard InChI is InChI=1S/C22H27N5O4/c1-4-17-18(31-21(30)5-2)11-15(12-25-17)27-20(29)9-8-19(28)26-14-6-7-16(22(23)24)13(3)10-14/h6-7,10-12H,4-5,8-9H2,1-3H3,(H3,23,24)(H,26,28)(H,27,29). The van der Waals surface area contributed by atoms with Crippen molar-refractivity contribution in [1.82, 2.24) is 4.98 Å². The molecule has 9 heteroatoms. The first-order chi connectivity index (χ1) is 14.7. The Labute approximate surface area is 180 Å². The number of carbonyl (C=O) groups excluding carboxylic acids is 3. The topological polar surface area (TPSA) is 147 Å². The third-order valence-corrected chi connectivity index (χ3v) is 4.44. The quantitative estimate of drug-likeness (QED) is 0.276. The molecular formula is C22H27N5O4. The minimum atomic E-state index is -0.386. The number of nitrogens with two attached hydrogens (primary N) is 1. The van der Waals surface area contributed by atoms with Crippen LogP contribution in [0.2, 0.25) is 0 Å². The Kier molecular flexibility index (Phi) is 8.25. The van der Waals surface area contributed by atoms with E-state index in [-0.39, 0.29) is 42.9 Å². The van der Waals surface area contributed by atoms with E-state index in [2.05, 4.69) is 15.6 Å². The van der Waals surface area contributed by atoms with Crippen molar-refractivity contribution in [3.05, 3.63) is 47.3 Å². The van der Waals surface area contributed by atoms with Crippen molar-refractivity contribution in [3.8, 4) is 5.75 Å². The number of aromatic nitrogens is 1. The van der Waals surface area contributed by atoms with Crippen molar-refractivity contribution in [2.75, 3.05) is 10.6 Å². The van der Waals surface area contributed by atoms with E-state index < -0.39 is 0 Å². The van der Waals surface area contributed by atoms with E-state index >= 15 is 0 Å². The van der Waals surface area contributed by atoms with Crippen molar-refractivity contribution in [1.29, 1.82) is 5.41 Å². The molecule has 2 amide bonds. The summed E-state index contributed by atoms with van der Waals surface area (Å²) in [7, 11) is 0. The molecule has 0 saturated carbocycles. The average molecular weight is 425 g/mol. The molecule has 2 aromatic rings. The fourth-order valence-corrected chi connectivity index (χ4v) is 2.81. The Balaban J connectivity index is 1.92. The number of nitrogen functional groups attached to an aromatic ring is 1. The lowest BCUT2D eigenvalue weighted by atomic mass is 10.1. The molecule has 1 aromatic carbocycles. The van der Waals surface area contributed by atoms with Crippen LogP contribution in [-0.4, -0.2) is 28.6 Å². The van der Waals surface area contributed by atoms with Crippen LogP contribution in [0.4, 0.5) is 11.4 Å². The number of nitrogens with zero attached hydrogens (tertiary/aromatic N) is 1. The van der Waals surface area contributed by atoms with Crippen LogP contribution in [0.5, 0.6) is 5.75 Å². The van der Waals surface area contributed by atoms with E-state index in [0.29, 0.717) is 34.8 Å². The number of hydrogen-bond donors (Lipinski definition) is 4. The lowest BCUT2D eigenvalue weighted by Crippen LogP contribution is -2.18. The lowest BCUT2D eigenvalue weighted by molar-refractivity contribution is -0.134. The van der Waals surface area contributed by atoms with E-state index in [0.717, 1.165) is 5.56 Å². The fraction of sp³-hybridized carbons (Fsp3) is 0.318. The molecule has 9 nitrogen and oxygen atoms in total. The molecule has 0 bridgehead atoms. The van der Waals surface area contributed by atoms with E-state index in [4.69, 9.17) is 15.9 Å². The normalized spacial score (nSPS) is 10.3. The second-order valence-corrected chi connectivity index (χ2v) is 6.89. The van der Waals surface area contributed by atoms with Crippen molar-refractivity contribution >= 4 is 35.0 Å². The van der Waals surface area contributed by atoms with Crippen molar-refractivity contribution in [3.63, 3.8) is 0 Å². The second-order valence-electron chi connectivity index (χ2n) is 6.89. The third kappa shape index (κ3) is 6.91. The van der Waals surface area contributed by atoms with Gasteiger partial charge in [-0.3, -0.25) is 24.8 Å². The minimum Gasteiger partial charge on any atom is -0.424 e. The van der Waals surface area contributed by atoms with Gasteiger partial charge in [-0.1, -0.05) is 13.8 Å². The molecule has 0 aliphatic carbocycles. The molecule has 1 heterocycles. The van der Waals surface area contributed by atoms with Gasteiger partial charge in [0.1, 0.15) is 5.84 Å². The molecule has 2 rings (SSSR count). The van der Waals surface area contributed by atoms with Crippen LogP contribution in [0.15, 0.2) is 30.5 Å². The summed E-state index contributed by atoms with van der Waals surface area (Å²) < 4.78 is 5.27. The summed E-state index contributed by atoms with van der Waals surface area (Å²) in [6.45, 7) is 5.37. The largest absolute Gasteiger partial charge is 0.424 e. The molecule has 0 saturated heterocycles. The van der Waals surface area contributed by atoms with Gasteiger partial charge in [0.15, 0.2) is 5.75 Å². The molecule has 31 heavy (non-hydrogen) atoms. The molecule has 1 aromatic heterocycles. The molecule has 0 spiro atoms. The van der Waals surface area contributed by atoms with Gasteiger partial charge >= 0.3 is 5.97 Å². The molecular weight excluding hydrogens is 398 g/mol. The Morgan fingerprint density at radius 3 is 2.26 bits per heavy atom. The Hall–Kier alpha value is -3.75. The Morgan fingerprint density at radius 2 is 1.71 bits per heavy atom. The zero-order valence-corrected chi connectivity index (χ0v) is 17.9. The summed E-state index contributed by atoms with van der Waals surface area (Å²) in [5, 5.41) is 12.9. The molecule has 0 aliphatic rings. The molecule has 0 aliphatic heterocycles. The second kappa shape index (κ2) is 10.9. The van der Waals surface area contributed by atoms with Crippen LogP contribution in [0.1, 0.15) is 49.9 Å². The van der Waals surface area contributed by atoms with E-state index in [1.54, 1.807) is 38.1 Å². The zero-order chi connectivity index (χ0) is 23.0. The number of amidine groups is 1. The summed E-state index contributed by atoms with van der Waals surface area (Å²) in [6.07, 6.45) is 2.24. The van der Waals surface area contributed by atoms with Crippen LogP contribution in [0, 0.1) is 12.3 Å². The van der Waals surface area contributed by atoms with Crippen molar-refractivity contribution < 1.29 is 19.1 Å².